The molecule has 0 saturated heterocycles. The molecule has 3 rings (SSSR count). The summed E-state index contributed by atoms with van der Waals surface area (Å²) in [5.41, 5.74) is 2.22. The van der Waals surface area contributed by atoms with E-state index in [0.717, 1.165) is 25.7 Å². The summed E-state index contributed by atoms with van der Waals surface area (Å²) in [6.45, 7) is 9.08. The van der Waals surface area contributed by atoms with E-state index in [0.29, 0.717) is 23.8 Å². The van der Waals surface area contributed by atoms with Gasteiger partial charge in [-0.1, -0.05) is 32.4 Å². The summed E-state index contributed by atoms with van der Waals surface area (Å²) in [4.78, 5) is 27.2. The lowest BCUT2D eigenvalue weighted by atomic mass is 9.46. The quantitative estimate of drug-likeness (QED) is 0.375. The molecule has 0 aliphatic heterocycles. The minimum Gasteiger partial charge on any atom is -0.370 e. The van der Waals surface area contributed by atoms with Gasteiger partial charge in [0, 0.05) is 25.2 Å². The van der Waals surface area contributed by atoms with Crippen LogP contribution in [0.5, 0.6) is 0 Å². The van der Waals surface area contributed by atoms with Gasteiger partial charge in [-0.05, 0) is 67.8 Å². The summed E-state index contributed by atoms with van der Waals surface area (Å²) in [5, 5.41) is 0. The fraction of sp³-hybridized carbons (Fsp3) is 0.667. The van der Waals surface area contributed by atoms with Gasteiger partial charge in [-0.25, -0.2) is 0 Å². The highest BCUT2D eigenvalue weighted by Gasteiger charge is 2.53. The Morgan fingerprint density at radius 3 is 2.48 bits per heavy atom. The molecule has 4 unspecified atom stereocenters. The maximum Gasteiger partial charge on any atom is 0.266 e. The van der Waals surface area contributed by atoms with Crippen molar-refractivity contribution in [1.29, 1.82) is 0 Å². The minimum atomic E-state index is -4.14. The molecule has 7 heteroatoms. The first-order valence-corrected chi connectivity index (χ1v) is 12.7. The van der Waals surface area contributed by atoms with Crippen LogP contribution in [0.25, 0.3) is 0 Å². The predicted octanol–water partition coefficient (Wildman–Crippen LogP) is 3.96. The molecule has 0 radical (unpaired) electrons. The number of likely N-dealkylation sites (N-methyl/N-ethyl adjacent to an activating group) is 1. The average Bonchev–Trinajstić information content (AvgIpc) is 2.67. The largest absolute Gasteiger partial charge is 0.370 e. The molecular weight excluding hydrogens is 414 g/mol. The molecule has 0 aromatic heterocycles. The molecule has 1 fully saturated rings. The van der Waals surface area contributed by atoms with Gasteiger partial charge >= 0.3 is 0 Å². The molecule has 3 aliphatic rings. The molecule has 0 bridgehead atoms. The second-order valence-electron chi connectivity index (χ2n) is 10.2. The van der Waals surface area contributed by atoms with Crippen LogP contribution in [0.2, 0.25) is 0 Å². The van der Waals surface area contributed by atoms with Gasteiger partial charge in [-0.3, -0.25) is 14.1 Å². The number of carbonyl (C=O) groups is 2. The van der Waals surface area contributed by atoms with Crippen molar-refractivity contribution in [2.24, 2.45) is 22.7 Å². The minimum absolute atomic E-state index is 0.0619. The van der Waals surface area contributed by atoms with Crippen LogP contribution in [0.1, 0.15) is 59.8 Å². The zero-order valence-electron chi connectivity index (χ0n) is 19.3. The first-order valence-electron chi connectivity index (χ1n) is 11.1. The van der Waals surface area contributed by atoms with Crippen LogP contribution in [0.15, 0.2) is 35.1 Å². The number of hydrogen-bond donors (Lipinski definition) is 1. The summed E-state index contributed by atoms with van der Waals surface area (Å²) in [7, 11) is -2.59. The maximum absolute atomic E-state index is 13.0. The Morgan fingerprint density at radius 1 is 1.16 bits per heavy atom. The highest BCUT2D eigenvalue weighted by atomic mass is 32.2. The Kier molecular flexibility index (Phi) is 6.42. The van der Waals surface area contributed by atoms with Crippen molar-refractivity contribution in [2.45, 2.75) is 59.8 Å². The molecule has 0 heterocycles. The second kappa shape index (κ2) is 8.32. The van der Waals surface area contributed by atoms with Gasteiger partial charge in [0.2, 0.25) is 5.78 Å². The number of fused-ring (bicyclic) bond motifs is 1. The number of rotatable bonds is 6. The highest BCUT2D eigenvalue weighted by molar-refractivity contribution is 7.85. The molecule has 31 heavy (non-hydrogen) atoms. The maximum atomic E-state index is 13.0. The number of hydrogen-bond acceptors (Lipinski definition) is 5. The summed E-state index contributed by atoms with van der Waals surface area (Å²) in [6.07, 6.45) is 10.1. The summed E-state index contributed by atoms with van der Waals surface area (Å²) in [5.74, 6) is -0.0655. The SMILES string of the molecule is CC1=CCCC2C1(C)CCC(C)C2(C)CC1=CC(=O)C(N(C)CCS(=O)(=O)O)=CC1=O. The van der Waals surface area contributed by atoms with E-state index in [1.807, 2.05) is 0 Å². The van der Waals surface area contributed by atoms with Crippen LogP contribution in [-0.2, 0) is 19.7 Å². The molecular formula is C24H35NO5S. The number of allylic oxidation sites excluding steroid dienone is 5. The van der Waals surface area contributed by atoms with Crippen molar-refractivity contribution in [3.05, 3.63) is 35.1 Å². The van der Waals surface area contributed by atoms with E-state index in [1.54, 1.807) is 7.05 Å². The second-order valence-corrected chi connectivity index (χ2v) is 11.8. The van der Waals surface area contributed by atoms with Gasteiger partial charge in [0.05, 0.1) is 11.4 Å². The van der Waals surface area contributed by atoms with Crippen LogP contribution in [0.4, 0.5) is 0 Å². The zero-order chi connectivity index (χ0) is 23.2. The number of ketones is 2. The normalized spacial score (nSPS) is 33.9. The van der Waals surface area contributed by atoms with Crippen LogP contribution in [0.3, 0.4) is 0 Å². The Morgan fingerprint density at radius 2 is 1.84 bits per heavy atom. The van der Waals surface area contributed by atoms with Gasteiger partial charge < -0.3 is 4.90 Å². The number of carbonyl (C=O) groups excluding carboxylic acids is 2. The van der Waals surface area contributed by atoms with Gasteiger partial charge in [-0.15, -0.1) is 0 Å². The molecule has 0 aromatic rings. The lowest BCUT2D eigenvalue weighted by Gasteiger charge is -2.58. The van der Waals surface area contributed by atoms with E-state index >= 15 is 0 Å². The van der Waals surface area contributed by atoms with E-state index in [9.17, 15) is 18.0 Å². The van der Waals surface area contributed by atoms with E-state index < -0.39 is 15.9 Å². The van der Waals surface area contributed by atoms with Crippen molar-refractivity contribution in [3.8, 4) is 0 Å². The summed E-state index contributed by atoms with van der Waals surface area (Å²) >= 11 is 0. The fourth-order valence-corrected chi connectivity index (χ4v) is 6.52. The first-order chi connectivity index (χ1) is 14.3. The van der Waals surface area contributed by atoms with Crippen molar-refractivity contribution in [1.82, 2.24) is 4.90 Å². The van der Waals surface area contributed by atoms with Gasteiger partial charge in [0.15, 0.2) is 5.78 Å². The predicted molar refractivity (Wildman–Crippen MR) is 121 cm³/mol. The van der Waals surface area contributed by atoms with Gasteiger partial charge in [0.25, 0.3) is 10.1 Å². The molecule has 0 spiro atoms. The molecule has 3 aliphatic carbocycles. The lowest BCUT2D eigenvalue weighted by Crippen LogP contribution is -2.50. The fourth-order valence-electron chi connectivity index (χ4n) is 6.02. The highest BCUT2D eigenvalue weighted by Crippen LogP contribution is 2.62. The topological polar surface area (TPSA) is 91.8 Å². The molecule has 6 nitrogen and oxygen atoms in total. The molecule has 1 saturated carbocycles. The molecule has 172 valence electrons. The van der Waals surface area contributed by atoms with Crippen molar-refractivity contribution < 1.29 is 22.6 Å². The molecule has 4 atom stereocenters. The Bertz CT molecular complexity index is 976. The Hall–Kier alpha value is -1.73. The number of nitrogens with zero attached hydrogens (tertiary/aromatic N) is 1. The van der Waals surface area contributed by atoms with Crippen LogP contribution in [0, 0.1) is 22.7 Å². The van der Waals surface area contributed by atoms with Crippen LogP contribution >= 0.6 is 0 Å². The van der Waals surface area contributed by atoms with E-state index in [-0.39, 0.29) is 34.6 Å². The van der Waals surface area contributed by atoms with Crippen molar-refractivity contribution in [3.63, 3.8) is 0 Å². The lowest BCUT2D eigenvalue weighted by molar-refractivity contribution is -0.117. The zero-order valence-corrected chi connectivity index (χ0v) is 20.1. The Labute approximate surface area is 186 Å². The third-order valence-electron chi connectivity index (χ3n) is 8.40. The smallest absolute Gasteiger partial charge is 0.266 e. The first kappa shape index (κ1) is 23.9. The van der Waals surface area contributed by atoms with E-state index in [4.69, 9.17) is 4.55 Å². The summed E-state index contributed by atoms with van der Waals surface area (Å²) in [6, 6.07) is 0. The molecule has 0 amide bonds. The van der Waals surface area contributed by atoms with Gasteiger partial charge in [0.1, 0.15) is 0 Å². The Balaban J connectivity index is 1.82. The van der Waals surface area contributed by atoms with E-state index in [1.165, 1.54) is 22.6 Å². The monoisotopic (exact) mass is 449 g/mol. The third-order valence-corrected chi connectivity index (χ3v) is 9.10. The summed E-state index contributed by atoms with van der Waals surface area (Å²) < 4.78 is 31.0. The van der Waals surface area contributed by atoms with Crippen LogP contribution in [-0.4, -0.2) is 48.8 Å². The third kappa shape index (κ3) is 4.58. The molecule has 0 aromatic carbocycles. The van der Waals surface area contributed by atoms with Crippen molar-refractivity contribution >= 4 is 21.7 Å². The van der Waals surface area contributed by atoms with Crippen LogP contribution < -0.4 is 0 Å². The molecule has 1 N–H and O–H groups in total. The van der Waals surface area contributed by atoms with Crippen molar-refractivity contribution in [2.75, 3.05) is 19.3 Å². The van der Waals surface area contributed by atoms with Gasteiger partial charge in [-0.2, -0.15) is 8.42 Å². The average molecular weight is 450 g/mol. The standard InChI is InChI=1S/C24H35NO5S/c1-16-7-6-8-22-23(16,3)10-9-17(2)24(22,4)15-18-13-21(27)19(14-20(18)26)25(5)11-12-31(28,29)30/h7,13-14,17,22H,6,8-12,15H2,1-5H3,(H,28,29,30). The van der Waals surface area contributed by atoms with E-state index in [2.05, 4.69) is 33.8 Å².